The first-order valence-electron chi connectivity index (χ1n) is 4.21. The van der Waals surface area contributed by atoms with Gasteiger partial charge in [0.15, 0.2) is 0 Å². The summed E-state index contributed by atoms with van der Waals surface area (Å²) >= 11 is 0. The van der Waals surface area contributed by atoms with Crippen molar-refractivity contribution in [3.8, 4) is 0 Å². The largest absolute Gasteiger partial charge is 0.330 e. The maximum absolute atomic E-state index is 5.61. The summed E-state index contributed by atoms with van der Waals surface area (Å²) in [6.45, 7) is 3.33. The quantitative estimate of drug-likeness (QED) is 0.583. The molecule has 2 N–H and O–H groups in total. The van der Waals surface area contributed by atoms with E-state index in [9.17, 15) is 0 Å². The normalized spacial score (nSPS) is 30.0. The van der Waals surface area contributed by atoms with Gasteiger partial charge in [-0.3, -0.25) is 0 Å². The maximum atomic E-state index is 5.61. The van der Waals surface area contributed by atoms with E-state index in [1.54, 1.807) is 0 Å². The van der Waals surface area contributed by atoms with Gasteiger partial charge in [-0.25, -0.2) is 0 Å². The predicted octanol–water partition coefficient (Wildman–Crippen LogP) is 0.677. The molecule has 1 fully saturated rings. The second-order valence-corrected chi connectivity index (χ2v) is 3.36. The lowest BCUT2D eigenvalue weighted by Crippen LogP contribution is -2.28. The van der Waals surface area contributed by atoms with Gasteiger partial charge in [0.2, 0.25) is 0 Å². The summed E-state index contributed by atoms with van der Waals surface area (Å²) in [4.78, 5) is 2.39. The van der Waals surface area contributed by atoms with E-state index in [1.165, 1.54) is 32.4 Å². The molecule has 1 saturated heterocycles. The van der Waals surface area contributed by atoms with Crippen molar-refractivity contribution >= 4 is 0 Å². The molecule has 0 aromatic carbocycles. The summed E-state index contributed by atoms with van der Waals surface area (Å²) in [5.41, 5.74) is 5.61. The highest BCUT2D eigenvalue weighted by Crippen LogP contribution is 2.13. The minimum atomic E-state index is 0.757. The molecule has 0 amide bonds. The van der Waals surface area contributed by atoms with E-state index in [0.29, 0.717) is 0 Å². The zero-order chi connectivity index (χ0) is 7.40. The molecule has 1 atom stereocenters. The molecule has 1 aliphatic rings. The van der Waals surface area contributed by atoms with E-state index in [2.05, 4.69) is 11.9 Å². The Morgan fingerprint density at radius 3 is 3.00 bits per heavy atom. The number of likely N-dealkylation sites (tertiary alicyclic amines) is 1. The zero-order valence-electron chi connectivity index (χ0n) is 6.84. The molecule has 60 valence electrons. The van der Waals surface area contributed by atoms with Crippen LogP contribution in [0.4, 0.5) is 0 Å². The van der Waals surface area contributed by atoms with E-state index in [4.69, 9.17) is 5.73 Å². The van der Waals surface area contributed by atoms with Gasteiger partial charge in [0.25, 0.3) is 0 Å². The van der Waals surface area contributed by atoms with Gasteiger partial charge in [-0.2, -0.15) is 0 Å². The smallest absolute Gasteiger partial charge is 0.00187 e. The SMILES string of the molecule is CN1CCCC[C@H](CN)C1. The van der Waals surface area contributed by atoms with Gasteiger partial charge >= 0.3 is 0 Å². The fraction of sp³-hybridized carbons (Fsp3) is 1.00. The third-order valence-electron chi connectivity index (χ3n) is 2.31. The maximum Gasteiger partial charge on any atom is 0.00187 e. The fourth-order valence-electron chi connectivity index (χ4n) is 1.63. The molecular weight excluding hydrogens is 124 g/mol. The van der Waals surface area contributed by atoms with Crippen molar-refractivity contribution in [2.45, 2.75) is 19.3 Å². The number of hydrogen-bond donors (Lipinski definition) is 1. The third kappa shape index (κ3) is 2.27. The van der Waals surface area contributed by atoms with Crippen LogP contribution >= 0.6 is 0 Å². The Morgan fingerprint density at radius 2 is 2.30 bits per heavy atom. The highest BCUT2D eigenvalue weighted by atomic mass is 15.1. The summed E-state index contributed by atoms with van der Waals surface area (Å²) in [7, 11) is 2.19. The van der Waals surface area contributed by atoms with Gasteiger partial charge in [0, 0.05) is 6.54 Å². The number of rotatable bonds is 1. The Labute approximate surface area is 63.4 Å². The molecule has 0 unspecified atom stereocenters. The van der Waals surface area contributed by atoms with Gasteiger partial charge in [-0.05, 0) is 38.9 Å². The van der Waals surface area contributed by atoms with E-state index >= 15 is 0 Å². The molecule has 10 heavy (non-hydrogen) atoms. The molecule has 0 radical (unpaired) electrons. The van der Waals surface area contributed by atoms with Crippen LogP contribution in [0.15, 0.2) is 0 Å². The van der Waals surface area contributed by atoms with Crippen molar-refractivity contribution in [1.29, 1.82) is 0 Å². The van der Waals surface area contributed by atoms with Gasteiger partial charge in [-0.15, -0.1) is 0 Å². The minimum Gasteiger partial charge on any atom is -0.330 e. The number of hydrogen-bond acceptors (Lipinski definition) is 2. The minimum absolute atomic E-state index is 0.757. The van der Waals surface area contributed by atoms with Crippen molar-refractivity contribution in [3.05, 3.63) is 0 Å². The number of nitrogens with two attached hydrogens (primary N) is 1. The monoisotopic (exact) mass is 142 g/mol. The van der Waals surface area contributed by atoms with Crippen LogP contribution in [0.1, 0.15) is 19.3 Å². The fourth-order valence-corrected chi connectivity index (χ4v) is 1.63. The van der Waals surface area contributed by atoms with Crippen LogP contribution in [0, 0.1) is 5.92 Å². The van der Waals surface area contributed by atoms with Crippen molar-refractivity contribution in [2.24, 2.45) is 11.7 Å². The van der Waals surface area contributed by atoms with Crippen molar-refractivity contribution in [2.75, 3.05) is 26.7 Å². The molecule has 1 aliphatic heterocycles. The van der Waals surface area contributed by atoms with Crippen LogP contribution in [-0.2, 0) is 0 Å². The number of nitrogens with zero attached hydrogens (tertiary/aromatic N) is 1. The van der Waals surface area contributed by atoms with Crippen LogP contribution in [0.5, 0.6) is 0 Å². The van der Waals surface area contributed by atoms with Crippen molar-refractivity contribution in [3.63, 3.8) is 0 Å². The average Bonchev–Trinajstić information content (AvgIpc) is 2.13. The highest BCUT2D eigenvalue weighted by molar-refractivity contribution is 4.68. The standard InChI is InChI=1S/C8H18N2/c1-10-5-3-2-4-8(6-9)7-10/h8H,2-7,9H2,1H3/t8-/m1/s1. The van der Waals surface area contributed by atoms with Gasteiger partial charge in [0.1, 0.15) is 0 Å². The molecular formula is C8H18N2. The molecule has 1 heterocycles. The Balaban J connectivity index is 2.30. The van der Waals surface area contributed by atoms with Gasteiger partial charge in [0.05, 0.1) is 0 Å². The van der Waals surface area contributed by atoms with E-state index in [1.807, 2.05) is 0 Å². The lowest BCUT2D eigenvalue weighted by Gasteiger charge is -2.17. The van der Waals surface area contributed by atoms with Crippen LogP contribution in [0.2, 0.25) is 0 Å². The molecule has 0 saturated carbocycles. The second-order valence-electron chi connectivity index (χ2n) is 3.36. The van der Waals surface area contributed by atoms with E-state index in [-0.39, 0.29) is 0 Å². The third-order valence-corrected chi connectivity index (χ3v) is 2.31. The first-order valence-corrected chi connectivity index (χ1v) is 4.21. The first-order chi connectivity index (χ1) is 4.83. The Kier molecular flexibility index (Phi) is 3.16. The summed E-state index contributed by atoms with van der Waals surface area (Å²) in [6, 6.07) is 0. The average molecular weight is 142 g/mol. The Hall–Kier alpha value is -0.0800. The van der Waals surface area contributed by atoms with Crippen LogP contribution in [-0.4, -0.2) is 31.6 Å². The molecule has 2 nitrogen and oxygen atoms in total. The highest BCUT2D eigenvalue weighted by Gasteiger charge is 2.12. The molecule has 0 aromatic rings. The van der Waals surface area contributed by atoms with Gasteiger partial charge < -0.3 is 10.6 Å². The summed E-state index contributed by atoms with van der Waals surface area (Å²) < 4.78 is 0. The molecule has 0 bridgehead atoms. The molecule has 2 heteroatoms. The first kappa shape index (κ1) is 8.02. The van der Waals surface area contributed by atoms with Crippen molar-refractivity contribution in [1.82, 2.24) is 4.90 Å². The van der Waals surface area contributed by atoms with Crippen molar-refractivity contribution < 1.29 is 0 Å². The van der Waals surface area contributed by atoms with Gasteiger partial charge in [-0.1, -0.05) is 6.42 Å². The Bertz CT molecular complexity index is 93.3. The summed E-state index contributed by atoms with van der Waals surface area (Å²) in [5, 5.41) is 0. The molecule has 1 rings (SSSR count). The Morgan fingerprint density at radius 1 is 1.50 bits per heavy atom. The lowest BCUT2D eigenvalue weighted by atomic mass is 10.0. The zero-order valence-corrected chi connectivity index (χ0v) is 6.84. The predicted molar refractivity (Wildman–Crippen MR) is 43.9 cm³/mol. The second kappa shape index (κ2) is 3.94. The van der Waals surface area contributed by atoms with E-state index < -0.39 is 0 Å². The van der Waals surface area contributed by atoms with Crippen LogP contribution in [0.3, 0.4) is 0 Å². The van der Waals surface area contributed by atoms with E-state index in [0.717, 1.165) is 12.5 Å². The molecule has 0 spiro atoms. The van der Waals surface area contributed by atoms with Crippen LogP contribution in [0.25, 0.3) is 0 Å². The summed E-state index contributed by atoms with van der Waals surface area (Å²) in [6.07, 6.45) is 4.06. The topological polar surface area (TPSA) is 29.3 Å². The molecule has 0 aromatic heterocycles. The lowest BCUT2D eigenvalue weighted by molar-refractivity contribution is 0.303. The summed E-state index contributed by atoms with van der Waals surface area (Å²) in [5.74, 6) is 0.757. The molecule has 0 aliphatic carbocycles. The van der Waals surface area contributed by atoms with Crippen LogP contribution < -0.4 is 5.73 Å².